The normalized spacial score (nSPS) is 37.7. The molecule has 106 valence electrons. The molecule has 3 rings (SSSR count). The van der Waals surface area contributed by atoms with Gasteiger partial charge in [-0.25, -0.2) is 0 Å². The van der Waals surface area contributed by atoms with Gasteiger partial charge in [-0.05, 0) is 60.8 Å². The predicted octanol–water partition coefficient (Wildman–Crippen LogP) is 4.48. The molecule has 4 unspecified atom stereocenters. The lowest BCUT2D eigenvalue weighted by molar-refractivity contribution is 0.100. The number of rotatable bonds is 4. The maximum absolute atomic E-state index is 3.99. The smallest absolute Gasteiger partial charge is 0.0177 e. The summed E-state index contributed by atoms with van der Waals surface area (Å²) in [5, 5.41) is 6.17. The van der Waals surface area contributed by atoms with E-state index in [9.17, 15) is 0 Å². The summed E-state index contributed by atoms with van der Waals surface area (Å²) in [5.74, 6) is 0.934. The maximum Gasteiger partial charge on any atom is 0.0177 e. The van der Waals surface area contributed by atoms with E-state index in [1.165, 1.54) is 30.6 Å². The molecule has 2 fully saturated rings. The van der Waals surface area contributed by atoms with Gasteiger partial charge in [0.2, 0.25) is 0 Å². The molecule has 1 heterocycles. The van der Waals surface area contributed by atoms with Crippen molar-refractivity contribution in [1.82, 2.24) is 5.32 Å². The molecule has 1 nitrogen and oxygen atoms in total. The minimum Gasteiger partial charge on any atom is -0.310 e. The van der Waals surface area contributed by atoms with E-state index in [1.54, 1.807) is 0 Å². The predicted molar refractivity (Wildman–Crippen MR) is 83.6 cm³/mol. The topological polar surface area (TPSA) is 12.0 Å². The lowest BCUT2D eigenvalue weighted by Crippen LogP contribution is -2.53. The summed E-state index contributed by atoms with van der Waals surface area (Å²) in [7, 11) is 0. The SMILES string of the molecule is CC(Cc1cccs1)NC1C2(C)CCC(C2)C1(C)C. The van der Waals surface area contributed by atoms with Crippen molar-refractivity contribution in [2.45, 2.75) is 65.5 Å². The second-order valence-electron chi connectivity index (χ2n) is 7.70. The molecule has 0 radical (unpaired) electrons. The Morgan fingerprint density at radius 2 is 2.21 bits per heavy atom. The number of thiophene rings is 1. The van der Waals surface area contributed by atoms with E-state index in [1.807, 2.05) is 11.3 Å². The van der Waals surface area contributed by atoms with Crippen LogP contribution in [0.3, 0.4) is 0 Å². The maximum atomic E-state index is 3.99. The van der Waals surface area contributed by atoms with Gasteiger partial charge in [-0.15, -0.1) is 11.3 Å². The average molecular weight is 277 g/mol. The van der Waals surface area contributed by atoms with Gasteiger partial charge in [0.25, 0.3) is 0 Å². The first kappa shape index (κ1) is 13.6. The molecule has 0 amide bonds. The summed E-state index contributed by atoms with van der Waals surface area (Å²) in [6.45, 7) is 9.83. The van der Waals surface area contributed by atoms with Gasteiger partial charge in [0.05, 0.1) is 0 Å². The second-order valence-corrected chi connectivity index (χ2v) is 8.73. The van der Waals surface area contributed by atoms with E-state index in [2.05, 4.69) is 50.5 Å². The molecule has 19 heavy (non-hydrogen) atoms. The van der Waals surface area contributed by atoms with Gasteiger partial charge in [-0.1, -0.05) is 26.8 Å². The summed E-state index contributed by atoms with van der Waals surface area (Å²) < 4.78 is 0. The Labute approximate surface area is 121 Å². The van der Waals surface area contributed by atoms with E-state index < -0.39 is 0 Å². The summed E-state index contributed by atoms with van der Waals surface area (Å²) in [4.78, 5) is 1.51. The minimum absolute atomic E-state index is 0.469. The second kappa shape index (κ2) is 4.60. The van der Waals surface area contributed by atoms with Gasteiger partial charge in [-0.3, -0.25) is 0 Å². The van der Waals surface area contributed by atoms with E-state index in [4.69, 9.17) is 0 Å². The van der Waals surface area contributed by atoms with E-state index in [0.29, 0.717) is 22.9 Å². The van der Waals surface area contributed by atoms with E-state index in [-0.39, 0.29) is 0 Å². The molecule has 2 aliphatic carbocycles. The van der Waals surface area contributed by atoms with E-state index >= 15 is 0 Å². The summed E-state index contributed by atoms with van der Waals surface area (Å²) in [5.41, 5.74) is 1.01. The van der Waals surface area contributed by atoms with Gasteiger partial charge >= 0.3 is 0 Å². The molecule has 0 aliphatic heterocycles. The molecule has 2 saturated carbocycles. The fourth-order valence-corrected chi connectivity index (χ4v) is 5.63. The third-order valence-corrected chi connectivity index (χ3v) is 6.71. The minimum atomic E-state index is 0.469. The highest BCUT2D eigenvalue weighted by Gasteiger charge is 2.59. The molecule has 0 saturated heterocycles. The quantitative estimate of drug-likeness (QED) is 0.855. The summed E-state index contributed by atoms with van der Waals surface area (Å²) >= 11 is 1.88. The molecule has 4 atom stereocenters. The van der Waals surface area contributed by atoms with Crippen LogP contribution in [-0.4, -0.2) is 12.1 Å². The number of hydrogen-bond donors (Lipinski definition) is 1. The Hall–Kier alpha value is -0.340. The van der Waals surface area contributed by atoms with E-state index in [0.717, 1.165) is 5.92 Å². The first-order chi connectivity index (χ1) is 8.92. The van der Waals surface area contributed by atoms with Gasteiger partial charge in [-0.2, -0.15) is 0 Å². The first-order valence-corrected chi connectivity index (χ1v) is 8.58. The largest absolute Gasteiger partial charge is 0.310 e. The van der Waals surface area contributed by atoms with Crippen LogP contribution in [0.1, 0.15) is 51.8 Å². The molecule has 2 aliphatic rings. The Bertz CT molecular complexity index is 431. The number of hydrogen-bond acceptors (Lipinski definition) is 2. The van der Waals surface area contributed by atoms with Gasteiger partial charge in [0.1, 0.15) is 0 Å². The van der Waals surface area contributed by atoms with Gasteiger partial charge in [0, 0.05) is 17.0 Å². The monoisotopic (exact) mass is 277 g/mol. The molecule has 1 aromatic heterocycles. The van der Waals surface area contributed by atoms with Crippen LogP contribution in [0.2, 0.25) is 0 Å². The third-order valence-electron chi connectivity index (χ3n) is 5.81. The molecule has 0 spiro atoms. The van der Waals surface area contributed by atoms with Crippen molar-refractivity contribution >= 4 is 11.3 Å². The van der Waals surface area contributed by atoms with Gasteiger partial charge < -0.3 is 5.32 Å². The van der Waals surface area contributed by atoms with Crippen LogP contribution in [-0.2, 0) is 6.42 Å². The molecular formula is C17H27NS. The Morgan fingerprint density at radius 1 is 1.42 bits per heavy atom. The average Bonchev–Trinajstić information content (AvgIpc) is 2.98. The van der Waals surface area contributed by atoms with Crippen LogP contribution in [0.4, 0.5) is 0 Å². The van der Waals surface area contributed by atoms with Crippen molar-refractivity contribution in [1.29, 1.82) is 0 Å². The third kappa shape index (κ3) is 2.27. The fourth-order valence-electron chi connectivity index (χ4n) is 4.79. The molecule has 1 N–H and O–H groups in total. The fraction of sp³-hybridized carbons (Fsp3) is 0.765. The van der Waals surface area contributed by atoms with Gasteiger partial charge in [0.15, 0.2) is 0 Å². The van der Waals surface area contributed by atoms with Crippen LogP contribution >= 0.6 is 11.3 Å². The van der Waals surface area contributed by atoms with Crippen molar-refractivity contribution in [2.24, 2.45) is 16.7 Å². The number of nitrogens with one attached hydrogen (secondary N) is 1. The highest BCUT2D eigenvalue weighted by Crippen LogP contribution is 2.62. The molecule has 2 heteroatoms. The van der Waals surface area contributed by atoms with Crippen molar-refractivity contribution in [3.8, 4) is 0 Å². The Morgan fingerprint density at radius 3 is 2.79 bits per heavy atom. The van der Waals surface area contributed by atoms with Crippen LogP contribution in [0.15, 0.2) is 17.5 Å². The Balaban J connectivity index is 1.69. The van der Waals surface area contributed by atoms with Crippen LogP contribution in [0, 0.1) is 16.7 Å². The molecule has 1 aromatic rings. The zero-order valence-electron chi connectivity index (χ0n) is 12.7. The van der Waals surface area contributed by atoms with Crippen molar-refractivity contribution in [3.05, 3.63) is 22.4 Å². The summed E-state index contributed by atoms with van der Waals surface area (Å²) in [6, 6.07) is 5.69. The molecule has 2 bridgehead atoms. The highest BCUT2D eigenvalue weighted by molar-refractivity contribution is 7.09. The highest BCUT2D eigenvalue weighted by atomic mass is 32.1. The lowest BCUT2D eigenvalue weighted by Gasteiger charge is -2.44. The Kier molecular flexibility index (Phi) is 3.30. The lowest BCUT2D eigenvalue weighted by atomic mass is 9.68. The standard InChI is InChI=1S/C17H27NS/c1-12(10-14-6-5-9-19-14)18-15-16(2,3)13-7-8-17(15,4)11-13/h5-6,9,12-13,15,18H,7-8,10-11H2,1-4H3. The molecular weight excluding hydrogens is 250 g/mol. The number of fused-ring (bicyclic) bond motifs is 2. The first-order valence-electron chi connectivity index (χ1n) is 7.70. The van der Waals surface area contributed by atoms with Crippen molar-refractivity contribution < 1.29 is 0 Å². The van der Waals surface area contributed by atoms with Crippen LogP contribution < -0.4 is 5.32 Å². The van der Waals surface area contributed by atoms with Crippen molar-refractivity contribution in [2.75, 3.05) is 0 Å². The van der Waals surface area contributed by atoms with Crippen LogP contribution in [0.25, 0.3) is 0 Å². The zero-order chi connectivity index (χ0) is 13.7. The zero-order valence-corrected chi connectivity index (χ0v) is 13.5. The van der Waals surface area contributed by atoms with Crippen molar-refractivity contribution in [3.63, 3.8) is 0 Å². The van der Waals surface area contributed by atoms with Crippen LogP contribution in [0.5, 0.6) is 0 Å². The molecule has 0 aromatic carbocycles. The summed E-state index contributed by atoms with van der Waals surface area (Å²) in [6.07, 6.45) is 5.47.